The second-order valence-corrected chi connectivity index (χ2v) is 9.92. The molecule has 0 atom stereocenters. The van der Waals surface area contributed by atoms with E-state index in [1.165, 1.54) is 17.5 Å². The van der Waals surface area contributed by atoms with Gasteiger partial charge in [0.15, 0.2) is 5.82 Å². The van der Waals surface area contributed by atoms with Crippen molar-refractivity contribution in [2.24, 2.45) is 0 Å². The van der Waals surface area contributed by atoms with Gasteiger partial charge >= 0.3 is 0 Å². The smallest absolute Gasteiger partial charge is 0.229 e. The van der Waals surface area contributed by atoms with Crippen molar-refractivity contribution in [3.05, 3.63) is 59.5 Å². The molecule has 0 saturated carbocycles. The molecule has 3 heterocycles. The first-order valence-corrected chi connectivity index (χ1v) is 13.6. The molecule has 1 aliphatic heterocycles. The fourth-order valence-electron chi connectivity index (χ4n) is 4.52. The average Bonchev–Trinajstić information content (AvgIpc) is 2.92. The molecule has 0 aliphatic carbocycles. The molecule has 2 aromatic carbocycles. The number of hydrogen-bond acceptors (Lipinski definition) is 10. The normalized spacial score (nSPS) is 14.5. The Morgan fingerprint density at radius 1 is 1.03 bits per heavy atom. The van der Waals surface area contributed by atoms with Crippen LogP contribution >= 0.6 is 23.5 Å². The predicted octanol–water partition coefficient (Wildman–Crippen LogP) is 6.07. The van der Waals surface area contributed by atoms with Gasteiger partial charge in [0.05, 0.1) is 35.9 Å². The molecule has 0 spiro atoms. The Labute approximate surface area is 225 Å². The van der Waals surface area contributed by atoms with E-state index in [-0.39, 0.29) is 0 Å². The van der Waals surface area contributed by atoms with E-state index in [4.69, 9.17) is 16.3 Å². The van der Waals surface area contributed by atoms with Crippen LogP contribution < -0.4 is 20.1 Å². The van der Waals surface area contributed by atoms with Gasteiger partial charge in [-0.1, -0.05) is 29.6 Å². The van der Waals surface area contributed by atoms with Gasteiger partial charge in [-0.3, -0.25) is 9.97 Å². The zero-order valence-corrected chi connectivity index (χ0v) is 22.5. The molecule has 0 amide bonds. The van der Waals surface area contributed by atoms with Gasteiger partial charge in [-0.25, -0.2) is 4.98 Å². The van der Waals surface area contributed by atoms with Crippen LogP contribution in [0.4, 0.5) is 28.8 Å². The summed E-state index contributed by atoms with van der Waals surface area (Å²) in [6.45, 7) is 2.22. The summed E-state index contributed by atoms with van der Waals surface area (Å²) in [4.78, 5) is 20.3. The van der Waals surface area contributed by atoms with Crippen LogP contribution in [0, 0.1) is 0 Å². The van der Waals surface area contributed by atoms with Gasteiger partial charge in [0.25, 0.3) is 0 Å². The molecule has 1 fully saturated rings. The van der Waals surface area contributed by atoms with Crippen molar-refractivity contribution in [2.75, 3.05) is 48.9 Å². The van der Waals surface area contributed by atoms with Crippen molar-refractivity contribution in [3.63, 3.8) is 0 Å². The monoisotopic (exact) mass is 536 g/mol. The van der Waals surface area contributed by atoms with Crippen LogP contribution in [0.15, 0.2) is 48.9 Å². The van der Waals surface area contributed by atoms with Gasteiger partial charge in [-0.2, -0.15) is 4.98 Å². The molecule has 3 N–H and O–H groups in total. The first-order valence-electron chi connectivity index (χ1n) is 12.0. The predicted molar refractivity (Wildman–Crippen MR) is 153 cm³/mol. The number of anilines is 5. The number of nitrogens with zero attached hydrogens (tertiary/aromatic N) is 5. The number of aromatic nitrogens is 4. The minimum absolute atomic E-state index is 0.393. The maximum Gasteiger partial charge on any atom is 0.229 e. The Bertz CT molecular complexity index is 1400. The summed E-state index contributed by atoms with van der Waals surface area (Å²) in [5, 5.41) is 7.01. The molecule has 0 bridgehead atoms. The summed E-state index contributed by atoms with van der Waals surface area (Å²) in [6, 6.07) is 10.1. The fourth-order valence-corrected chi connectivity index (χ4v) is 5.07. The summed E-state index contributed by atoms with van der Waals surface area (Å²) in [5.41, 5.74) is 5.19. The standard InChI is InChI=1S/C26H29ClN8OS/c1-35-12-8-16(9-13-35)17-4-5-19(22(14-17)36-2)32-26-30-15-18(27)25(33-26)31-21-7-6-20-23(24(21)34-37-3)29-11-10-28-20/h4-7,10-11,14-16,34H,8-9,12-13H2,1-3H3,(H2,30,31,32,33). The lowest BCUT2D eigenvalue weighted by molar-refractivity contribution is 0.255. The fraction of sp³-hybridized carbons (Fsp3) is 0.308. The second kappa shape index (κ2) is 11.4. The van der Waals surface area contributed by atoms with E-state index in [9.17, 15) is 0 Å². The van der Waals surface area contributed by atoms with Crippen LogP contribution in [0.3, 0.4) is 0 Å². The molecule has 1 saturated heterocycles. The number of methoxy groups -OCH3 is 1. The van der Waals surface area contributed by atoms with Gasteiger partial charge in [0, 0.05) is 18.6 Å². The van der Waals surface area contributed by atoms with Crippen molar-refractivity contribution < 1.29 is 4.74 Å². The highest BCUT2D eigenvalue weighted by molar-refractivity contribution is 7.99. The first kappa shape index (κ1) is 25.3. The largest absolute Gasteiger partial charge is 0.495 e. The SMILES string of the molecule is COc1cc(C2CCN(C)CC2)ccc1Nc1ncc(Cl)c(Nc2ccc3nccnc3c2NSC)n1. The molecular formula is C26H29ClN8OS. The van der Waals surface area contributed by atoms with E-state index in [2.05, 4.69) is 59.4 Å². The second-order valence-electron chi connectivity index (χ2n) is 8.90. The van der Waals surface area contributed by atoms with Crippen LogP contribution in [0.25, 0.3) is 11.0 Å². The van der Waals surface area contributed by atoms with Crippen molar-refractivity contribution in [2.45, 2.75) is 18.8 Å². The maximum atomic E-state index is 6.48. The van der Waals surface area contributed by atoms with E-state index in [0.29, 0.717) is 22.7 Å². The van der Waals surface area contributed by atoms with E-state index in [1.807, 2.05) is 24.5 Å². The minimum Gasteiger partial charge on any atom is -0.495 e. The minimum atomic E-state index is 0.393. The van der Waals surface area contributed by atoms with Gasteiger partial charge in [0.2, 0.25) is 5.95 Å². The van der Waals surface area contributed by atoms with E-state index < -0.39 is 0 Å². The summed E-state index contributed by atoms with van der Waals surface area (Å²) in [6.07, 6.45) is 9.16. The molecule has 4 aromatic rings. The third kappa shape index (κ3) is 5.66. The Morgan fingerprint density at radius 3 is 2.59 bits per heavy atom. The highest BCUT2D eigenvalue weighted by Crippen LogP contribution is 2.36. The zero-order valence-electron chi connectivity index (χ0n) is 21.0. The number of ether oxygens (including phenoxy) is 1. The number of halogens is 1. The molecular weight excluding hydrogens is 508 g/mol. The van der Waals surface area contributed by atoms with Crippen molar-refractivity contribution >= 4 is 63.4 Å². The molecule has 0 unspecified atom stereocenters. The number of piperidine rings is 1. The van der Waals surface area contributed by atoms with Crippen molar-refractivity contribution in [1.29, 1.82) is 0 Å². The third-order valence-electron chi connectivity index (χ3n) is 6.50. The molecule has 9 nitrogen and oxygen atoms in total. The van der Waals surface area contributed by atoms with Gasteiger partial charge in [-0.05, 0) is 68.7 Å². The van der Waals surface area contributed by atoms with Gasteiger partial charge in [-0.15, -0.1) is 0 Å². The molecule has 5 rings (SSSR count). The van der Waals surface area contributed by atoms with Crippen LogP contribution in [-0.2, 0) is 0 Å². The summed E-state index contributed by atoms with van der Waals surface area (Å²) < 4.78 is 9.00. The average molecular weight is 537 g/mol. The number of benzene rings is 2. The van der Waals surface area contributed by atoms with Gasteiger partial charge in [0.1, 0.15) is 16.3 Å². The van der Waals surface area contributed by atoms with Crippen LogP contribution in [-0.4, -0.2) is 58.3 Å². The summed E-state index contributed by atoms with van der Waals surface area (Å²) >= 11 is 7.94. The number of nitrogens with one attached hydrogen (secondary N) is 3. The highest BCUT2D eigenvalue weighted by Gasteiger charge is 2.20. The molecule has 0 radical (unpaired) electrons. The van der Waals surface area contributed by atoms with Gasteiger partial charge < -0.3 is 25.0 Å². The first-order chi connectivity index (χ1) is 18.1. The van der Waals surface area contributed by atoms with Crippen molar-refractivity contribution in [1.82, 2.24) is 24.8 Å². The molecule has 37 heavy (non-hydrogen) atoms. The number of hydrogen-bond donors (Lipinski definition) is 3. The van der Waals surface area contributed by atoms with Crippen LogP contribution in [0.2, 0.25) is 5.02 Å². The third-order valence-corrected chi connectivity index (χ3v) is 7.19. The molecule has 1 aliphatic rings. The van der Waals surface area contributed by atoms with Crippen LogP contribution in [0.1, 0.15) is 24.3 Å². The Balaban J connectivity index is 1.40. The van der Waals surface area contributed by atoms with E-state index >= 15 is 0 Å². The number of rotatable bonds is 8. The Kier molecular flexibility index (Phi) is 7.78. The van der Waals surface area contributed by atoms with E-state index in [0.717, 1.165) is 59.8 Å². The number of fused-ring (bicyclic) bond motifs is 1. The Morgan fingerprint density at radius 2 is 1.81 bits per heavy atom. The molecule has 192 valence electrons. The zero-order chi connectivity index (χ0) is 25.8. The molecule has 11 heteroatoms. The topological polar surface area (TPSA) is 100 Å². The lowest BCUT2D eigenvalue weighted by atomic mass is 9.89. The Hall–Kier alpha value is -3.34. The lowest BCUT2D eigenvalue weighted by Gasteiger charge is -2.29. The number of likely N-dealkylation sites (tertiary alicyclic amines) is 1. The highest BCUT2D eigenvalue weighted by atomic mass is 35.5. The quantitative estimate of drug-likeness (QED) is 0.230. The lowest BCUT2D eigenvalue weighted by Crippen LogP contribution is -2.29. The summed E-state index contributed by atoms with van der Waals surface area (Å²) in [5.74, 6) is 2.16. The van der Waals surface area contributed by atoms with E-state index in [1.54, 1.807) is 25.7 Å². The summed E-state index contributed by atoms with van der Waals surface area (Å²) in [7, 11) is 3.85. The van der Waals surface area contributed by atoms with Crippen LogP contribution in [0.5, 0.6) is 5.75 Å². The maximum absolute atomic E-state index is 6.48. The molecule has 2 aromatic heterocycles. The van der Waals surface area contributed by atoms with Crippen molar-refractivity contribution in [3.8, 4) is 5.75 Å².